The summed E-state index contributed by atoms with van der Waals surface area (Å²) in [4.78, 5) is 0. The molecular weight excluding hydrogens is 156 g/mol. The van der Waals surface area contributed by atoms with E-state index in [1.165, 1.54) is 25.7 Å². The van der Waals surface area contributed by atoms with E-state index in [-0.39, 0.29) is 0 Å². The van der Waals surface area contributed by atoms with E-state index in [9.17, 15) is 0 Å². The van der Waals surface area contributed by atoms with Crippen molar-refractivity contribution < 1.29 is 0 Å². The fraction of sp³-hybridized carbons (Fsp3) is 0.875. The normalized spacial score (nSPS) is 36.9. The molecule has 1 saturated carbocycles. The Morgan fingerprint density at radius 2 is 2.09 bits per heavy atom. The first-order valence-corrected chi connectivity index (χ1v) is 4.81. The molecule has 0 bridgehead atoms. The van der Waals surface area contributed by atoms with Crippen molar-refractivity contribution in [3.05, 3.63) is 0 Å². The number of hydrogen-bond acceptors (Lipinski definition) is 1. The maximum Gasteiger partial charge on any atom is 0.166 e. The second kappa shape index (κ2) is 2.97. The summed E-state index contributed by atoms with van der Waals surface area (Å²) in [7, 11) is 0. The number of thiocarbonyl (C=S) groups is 1. The van der Waals surface area contributed by atoms with Crippen molar-refractivity contribution in [3.63, 3.8) is 0 Å². The van der Waals surface area contributed by atoms with Gasteiger partial charge in [0.2, 0.25) is 0 Å². The molecule has 2 rings (SSSR count). The molecule has 11 heavy (non-hydrogen) atoms. The highest BCUT2D eigenvalue weighted by Crippen LogP contribution is 2.25. The van der Waals surface area contributed by atoms with Crippen molar-refractivity contribution in [1.82, 2.24) is 10.6 Å². The third-order valence-corrected chi connectivity index (χ3v) is 3.01. The van der Waals surface area contributed by atoms with Crippen LogP contribution in [-0.4, -0.2) is 17.7 Å². The molecule has 62 valence electrons. The van der Waals surface area contributed by atoms with Crippen LogP contribution in [0.1, 0.15) is 25.7 Å². The van der Waals surface area contributed by atoms with Crippen LogP contribution in [0.3, 0.4) is 0 Å². The van der Waals surface area contributed by atoms with Crippen LogP contribution in [0.25, 0.3) is 0 Å². The molecule has 2 aliphatic rings. The van der Waals surface area contributed by atoms with E-state index < -0.39 is 0 Å². The number of nitrogens with one attached hydrogen (secondary N) is 2. The molecule has 2 fully saturated rings. The lowest BCUT2D eigenvalue weighted by Crippen LogP contribution is -2.55. The minimum absolute atomic E-state index is 0.678. The highest BCUT2D eigenvalue weighted by Gasteiger charge is 2.28. The Labute approximate surface area is 72.7 Å². The van der Waals surface area contributed by atoms with E-state index in [1.54, 1.807) is 0 Å². The predicted octanol–water partition coefficient (Wildman–Crippen LogP) is 1.02. The van der Waals surface area contributed by atoms with Crippen LogP contribution in [0.2, 0.25) is 0 Å². The smallest absolute Gasteiger partial charge is 0.166 e. The zero-order chi connectivity index (χ0) is 7.68. The summed E-state index contributed by atoms with van der Waals surface area (Å²) in [5.41, 5.74) is 0. The van der Waals surface area contributed by atoms with Crippen molar-refractivity contribution in [2.45, 2.75) is 31.7 Å². The molecule has 0 spiro atoms. The summed E-state index contributed by atoms with van der Waals surface area (Å²) in [5, 5.41) is 7.39. The summed E-state index contributed by atoms with van der Waals surface area (Å²) >= 11 is 5.05. The average molecular weight is 170 g/mol. The van der Waals surface area contributed by atoms with E-state index in [2.05, 4.69) is 10.6 Å². The van der Waals surface area contributed by atoms with Crippen LogP contribution in [0.15, 0.2) is 0 Å². The van der Waals surface area contributed by atoms with Gasteiger partial charge < -0.3 is 10.6 Å². The third-order valence-electron chi connectivity index (χ3n) is 2.75. The first-order valence-electron chi connectivity index (χ1n) is 4.40. The van der Waals surface area contributed by atoms with Gasteiger partial charge in [0.15, 0.2) is 5.11 Å². The Hall–Kier alpha value is -0.310. The summed E-state index contributed by atoms with van der Waals surface area (Å²) in [6, 6.07) is 0.678. The van der Waals surface area contributed by atoms with Gasteiger partial charge in [-0.15, -0.1) is 0 Å². The SMILES string of the molecule is S=C1NC[C@@H]2CCCC[C@@H]2N1. The molecule has 1 aliphatic heterocycles. The van der Waals surface area contributed by atoms with Gasteiger partial charge in [-0.3, -0.25) is 0 Å². The lowest BCUT2D eigenvalue weighted by molar-refractivity contribution is 0.269. The van der Waals surface area contributed by atoms with Crippen LogP contribution >= 0.6 is 12.2 Å². The van der Waals surface area contributed by atoms with E-state index in [0.29, 0.717) is 6.04 Å². The van der Waals surface area contributed by atoms with E-state index in [1.807, 2.05) is 0 Å². The molecule has 0 amide bonds. The van der Waals surface area contributed by atoms with Gasteiger partial charge in [0.1, 0.15) is 0 Å². The van der Waals surface area contributed by atoms with E-state index in [0.717, 1.165) is 17.6 Å². The maximum atomic E-state index is 5.05. The van der Waals surface area contributed by atoms with Gasteiger partial charge in [0.05, 0.1) is 0 Å². The summed E-state index contributed by atoms with van der Waals surface area (Å²) in [6.45, 7) is 1.09. The molecule has 0 aromatic heterocycles. The Morgan fingerprint density at radius 1 is 1.27 bits per heavy atom. The van der Waals surface area contributed by atoms with Gasteiger partial charge in [0.25, 0.3) is 0 Å². The molecule has 0 aromatic rings. The zero-order valence-corrected chi connectivity index (χ0v) is 7.41. The van der Waals surface area contributed by atoms with Crippen molar-refractivity contribution in [2.24, 2.45) is 5.92 Å². The topological polar surface area (TPSA) is 24.1 Å². The Bertz CT molecular complexity index is 169. The highest BCUT2D eigenvalue weighted by atomic mass is 32.1. The van der Waals surface area contributed by atoms with Crippen molar-refractivity contribution >= 4 is 17.3 Å². The molecular formula is C8H14N2S. The van der Waals surface area contributed by atoms with Crippen molar-refractivity contribution in [1.29, 1.82) is 0 Å². The fourth-order valence-electron chi connectivity index (χ4n) is 2.09. The quantitative estimate of drug-likeness (QED) is 0.531. The molecule has 2 nitrogen and oxygen atoms in total. The monoisotopic (exact) mass is 170 g/mol. The lowest BCUT2D eigenvalue weighted by Gasteiger charge is -2.37. The van der Waals surface area contributed by atoms with Gasteiger partial charge in [-0.1, -0.05) is 12.8 Å². The van der Waals surface area contributed by atoms with Gasteiger partial charge in [-0.25, -0.2) is 0 Å². The van der Waals surface area contributed by atoms with Crippen LogP contribution < -0.4 is 10.6 Å². The fourth-order valence-corrected chi connectivity index (χ4v) is 2.32. The average Bonchev–Trinajstić information content (AvgIpc) is 2.04. The third kappa shape index (κ3) is 1.48. The predicted molar refractivity (Wildman–Crippen MR) is 49.5 cm³/mol. The molecule has 3 heteroatoms. The Balaban J connectivity index is 1.98. The summed E-state index contributed by atoms with van der Waals surface area (Å²) < 4.78 is 0. The zero-order valence-electron chi connectivity index (χ0n) is 6.60. The molecule has 0 unspecified atom stereocenters. The molecule has 1 aliphatic carbocycles. The molecule has 2 N–H and O–H groups in total. The van der Waals surface area contributed by atoms with Crippen LogP contribution in [0.4, 0.5) is 0 Å². The van der Waals surface area contributed by atoms with Gasteiger partial charge in [-0.05, 0) is 31.0 Å². The van der Waals surface area contributed by atoms with Gasteiger partial charge in [0, 0.05) is 12.6 Å². The minimum atomic E-state index is 0.678. The minimum Gasteiger partial charge on any atom is -0.362 e. The molecule has 1 heterocycles. The Kier molecular flexibility index (Phi) is 1.98. The second-order valence-corrected chi connectivity index (χ2v) is 3.91. The first-order chi connectivity index (χ1) is 5.36. The molecule has 0 aromatic carbocycles. The number of hydrogen-bond donors (Lipinski definition) is 2. The maximum absolute atomic E-state index is 5.05. The van der Waals surface area contributed by atoms with Crippen molar-refractivity contribution in [2.75, 3.05) is 6.54 Å². The lowest BCUT2D eigenvalue weighted by atomic mass is 9.83. The van der Waals surface area contributed by atoms with Gasteiger partial charge >= 0.3 is 0 Å². The summed E-state index contributed by atoms with van der Waals surface area (Å²) in [6.07, 6.45) is 5.45. The standard InChI is InChI=1S/C8H14N2S/c11-8-9-5-6-3-1-2-4-7(6)10-8/h6-7H,1-5H2,(H2,9,10,11)/t6-,7-/m0/s1. The molecule has 2 atom stereocenters. The molecule has 0 radical (unpaired) electrons. The second-order valence-electron chi connectivity index (χ2n) is 3.51. The van der Waals surface area contributed by atoms with Crippen molar-refractivity contribution in [3.8, 4) is 0 Å². The number of rotatable bonds is 0. The largest absolute Gasteiger partial charge is 0.362 e. The van der Waals surface area contributed by atoms with E-state index in [4.69, 9.17) is 12.2 Å². The van der Waals surface area contributed by atoms with Crippen LogP contribution in [0.5, 0.6) is 0 Å². The van der Waals surface area contributed by atoms with Gasteiger partial charge in [-0.2, -0.15) is 0 Å². The number of fused-ring (bicyclic) bond motifs is 1. The molecule has 1 saturated heterocycles. The Morgan fingerprint density at radius 3 is 3.00 bits per heavy atom. The van der Waals surface area contributed by atoms with E-state index >= 15 is 0 Å². The first kappa shape index (κ1) is 7.35. The van der Waals surface area contributed by atoms with Crippen LogP contribution in [0, 0.1) is 5.92 Å². The summed E-state index contributed by atoms with van der Waals surface area (Å²) in [5.74, 6) is 0.829. The highest BCUT2D eigenvalue weighted by molar-refractivity contribution is 7.80. The van der Waals surface area contributed by atoms with Crippen LogP contribution in [-0.2, 0) is 0 Å².